The van der Waals surface area contributed by atoms with E-state index in [0.717, 1.165) is 6.42 Å². The number of hydrogen-bond donors (Lipinski definition) is 1. The van der Waals surface area contributed by atoms with E-state index in [2.05, 4.69) is 0 Å². The van der Waals surface area contributed by atoms with Crippen LogP contribution in [0.1, 0.15) is 48.7 Å². The minimum atomic E-state index is -0.731. The molecule has 0 atom stereocenters. The molecule has 0 radical (unpaired) electrons. The van der Waals surface area contributed by atoms with Crippen molar-refractivity contribution in [1.82, 2.24) is 4.90 Å². The number of carboxylic acid groups (broad SMARTS) is 1. The number of aliphatic carboxylic acids is 1. The van der Waals surface area contributed by atoms with Gasteiger partial charge in [-0.05, 0) is 32.3 Å². The molecule has 5 heteroatoms. The van der Waals surface area contributed by atoms with Crippen LogP contribution in [-0.2, 0) is 4.79 Å². The molecule has 5 nitrogen and oxygen atoms in total. The Hall–Kier alpha value is -1.78. The topological polar surface area (TPSA) is 70.8 Å². The number of nitrogens with zero attached hydrogens (tertiary/aromatic N) is 1. The first-order valence-corrected chi connectivity index (χ1v) is 7.06. The zero-order valence-electron chi connectivity index (χ0n) is 12.0. The predicted molar refractivity (Wildman–Crippen MR) is 73.6 cm³/mol. The van der Waals surface area contributed by atoms with Gasteiger partial charge in [0.05, 0.1) is 11.0 Å². The number of furan rings is 1. The summed E-state index contributed by atoms with van der Waals surface area (Å²) in [5, 5.41) is 9.45. The van der Waals surface area contributed by atoms with Crippen LogP contribution >= 0.6 is 0 Å². The summed E-state index contributed by atoms with van der Waals surface area (Å²) in [5.41, 5.74) is -0.112. The van der Waals surface area contributed by atoms with E-state index >= 15 is 0 Å². The third-order valence-corrected chi connectivity index (χ3v) is 4.17. The number of carbonyl (C=O) groups is 2. The SMILES string of the molecule is CCCC1(C(=O)O)CCN(C(=O)c2coc(C)c2)CC1. The Morgan fingerprint density at radius 3 is 2.50 bits per heavy atom. The summed E-state index contributed by atoms with van der Waals surface area (Å²) >= 11 is 0. The first kappa shape index (κ1) is 14.6. The van der Waals surface area contributed by atoms with Crippen LogP contribution in [0.4, 0.5) is 0 Å². The lowest BCUT2D eigenvalue weighted by molar-refractivity contribution is -0.152. The maximum atomic E-state index is 12.3. The summed E-state index contributed by atoms with van der Waals surface area (Å²) in [6, 6.07) is 1.72. The fraction of sp³-hybridized carbons (Fsp3) is 0.600. The highest BCUT2D eigenvalue weighted by Gasteiger charge is 2.41. The molecule has 0 unspecified atom stereocenters. The van der Waals surface area contributed by atoms with Crippen molar-refractivity contribution in [3.05, 3.63) is 23.7 Å². The molecule has 0 saturated carbocycles. The molecular formula is C15H21NO4. The van der Waals surface area contributed by atoms with Crippen molar-refractivity contribution in [1.29, 1.82) is 0 Å². The van der Waals surface area contributed by atoms with Gasteiger partial charge in [-0.15, -0.1) is 0 Å². The summed E-state index contributed by atoms with van der Waals surface area (Å²) in [4.78, 5) is 25.5. The minimum absolute atomic E-state index is 0.0719. The summed E-state index contributed by atoms with van der Waals surface area (Å²) in [5.74, 6) is -0.0980. The highest BCUT2D eigenvalue weighted by atomic mass is 16.4. The van der Waals surface area contributed by atoms with Gasteiger partial charge in [-0.1, -0.05) is 13.3 Å². The highest BCUT2D eigenvalue weighted by molar-refractivity contribution is 5.94. The largest absolute Gasteiger partial charge is 0.481 e. The molecule has 1 N–H and O–H groups in total. The van der Waals surface area contributed by atoms with E-state index in [1.54, 1.807) is 17.9 Å². The predicted octanol–water partition coefficient (Wildman–Crippen LogP) is 2.70. The lowest BCUT2D eigenvalue weighted by atomic mass is 9.75. The normalized spacial score (nSPS) is 18.0. The zero-order valence-corrected chi connectivity index (χ0v) is 12.0. The van der Waals surface area contributed by atoms with Gasteiger partial charge in [0.1, 0.15) is 12.0 Å². The van der Waals surface area contributed by atoms with Gasteiger partial charge < -0.3 is 14.4 Å². The molecule has 0 bridgehead atoms. The van der Waals surface area contributed by atoms with Crippen LogP contribution in [0.5, 0.6) is 0 Å². The summed E-state index contributed by atoms with van der Waals surface area (Å²) < 4.78 is 5.15. The average molecular weight is 279 g/mol. The first-order chi connectivity index (χ1) is 9.48. The molecule has 20 heavy (non-hydrogen) atoms. The average Bonchev–Trinajstić information content (AvgIpc) is 2.85. The van der Waals surface area contributed by atoms with Gasteiger partial charge in [-0.25, -0.2) is 0 Å². The Labute approximate surface area is 118 Å². The van der Waals surface area contributed by atoms with Crippen LogP contribution in [0.2, 0.25) is 0 Å². The lowest BCUT2D eigenvalue weighted by Crippen LogP contribution is -2.46. The minimum Gasteiger partial charge on any atom is -0.481 e. The van der Waals surface area contributed by atoms with Crippen molar-refractivity contribution >= 4 is 11.9 Å². The highest BCUT2D eigenvalue weighted by Crippen LogP contribution is 2.36. The number of hydrogen-bond acceptors (Lipinski definition) is 3. The van der Waals surface area contributed by atoms with Crippen LogP contribution in [0.3, 0.4) is 0 Å². The molecule has 0 aliphatic carbocycles. The molecule has 0 spiro atoms. The van der Waals surface area contributed by atoms with E-state index in [9.17, 15) is 14.7 Å². The van der Waals surface area contributed by atoms with E-state index in [-0.39, 0.29) is 5.91 Å². The summed E-state index contributed by atoms with van der Waals surface area (Å²) in [6.07, 6.45) is 4.04. The molecule has 1 amide bonds. The molecule has 1 saturated heterocycles. The maximum Gasteiger partial charge on any atom is 0.309 e. The molecule has 110 valence electrons. The van der Waals surface area contributed by atoms with Crippen LogP contribution in [-0.4, -0.2) is 35.0 Å². The fourth-order valence-electron chi connectivity index (χ4n) is 2.93. The Bertz CT molecular complexity index is 498. The van der Waals surface area contributed by atoms with Crippen molar-refractivity contribution in [2.75, 3.05) is 13.1 Å². The monoisotopic (exact) mass is 279 g/mol. The van der Waals surface area contributed by atoms with Crippen molar-refractivity contribution in [2.45, 2.75) is 39.5 Å². The third-order valence-electron chi connectivity index (χ3n) is 4.17. The Balaban J connectivity index is 2.03. The lowest BCUT2D eigenvalue weighted by Gasteiger charge is -2.38. The molecular weight excluding hydrogens is 258 g/mol. The Morgan fingerprint density at radius 2 is 2.05 bits per heavy atom. The number of carboxylic acids is 1. The van der Waals surface area contributed by atoms with E-state index in [1.807, 2.05) is 6.92 Å². The second-order valence-corrected chi connectivity index (χ2v) is 5.57. The Morgan fingerprint density at radius 1 is 1.40 bits per heavy atom. The molecule has 1 aromatic rings. The standard InChI is InChI=1S/C15H21NO4/c1-3-4-15(14(18)19)5-7-16(8-6-15)13(17)12-9-11(2)20-10-12/h9-10H,3-8H2,1-2H3,(H,18,19). The van der Waals surface area contributed by atoms with E-state index < -0.39 is 11.4 Å². The molecule has 2 heterocycles. The van der Waals surface area contributed by atoms with Gasteiger partial charge in [0, 0.05) is 13.1 Å². The fourth-order valence-corrected chi connectivity index (χ4v) is 2.93. The summed E-state index contributed by atoms with van der Waals surface area (Å²) in [6.45, 7) is 4.78. The van der Waals surface area contributed by atoms with Crippen molar-refractivity contribution < 1.29 is 19.1 Å². The third kappa shape index (κ3) is 2.71. The summed E-state index contributed by atoms with van der Waals surface area (Å²) in [7, 11) is 0. The van der Waals surface area contributed by atoms with Crippen LogP contribution in [0.25, 0.3) is 0 Å². The van der Waals surface area contributed by atoms with Crippen LogP contribution in [0, 0.1) is 12.3 Å². The van der Waals surface area contributed by atoms with Gasteiger partial charge in [0.2, 0.25) is 0 Å². The van der Waals surface area contributed by atoms with Gasteiger partial charge in [0.25, 0.3) is 5.91 Å². The smallest absolute Gasteiger partial charge is 0.309 e. The molecule has 1 aromatic heterocycles. The molecule has 1 fully saturated rings. The van der Waals surface area contributed by atoms with Crippen LogP contribution < -0.4 is 0 Å². The Kier molecular flexibility index (Phi) is 4.16. The molecule has 1 aliphatic rings. The van der Waals surface area contributed by atoms with Crippen molar-refractivity contribution in [3.8, 4) is 0 Å². The number of rotatable bonds is 4. The number of aryl methyl sites for hydroxylation is 1. The van der Waals surface area contributed by atoms with E-state index in [0.29, 0.717) is 43.7 Å². The quantitative estimate of drug-likeness (QED) is 0.919. The van der Waals surface area contributed by atoms with Gasteiger partial charge in [-0.2, -0.15) is 0 Å². The molecule has 0 aromatic carbocycles. The number of likely N-dealkylation sites (tertiary alicyclic amines) is 1. The number of piperidine rings is 1. The van der Waals surface area contributed by atoms with Crippen molar-refractivity contribution in [3.63, 3.8) is 0 Å². The molecule has 2 rings (SSSR count). The zero-order chi connectivity index (χ0) is 14.8. The first-order valence-electron chi connectivity index (χ1n) is 7.06. The van der Waals surface area contributed by atoms with Crippen LogP contribution in [0.15, 0.2) is 16.7 Å². The number of carbonyl (C=O) groups excluding carboxylic acids is 1. The maximum absolute atomic E-state index is 12.3. The van der Waals surface area contributed by atoms with Gasteiger partial charge >= 0.3 is 5.97 Å². The van der Waals surface area contributed by atoms with Gasteiger partial charge in [0.15, 0.2) is 0 Å². The van der Waals surface area contributed by atoms with Crippen molar-refractivity contribution in [2.24, 2.45) is 5.41 Å². The number of amides is 1. The molecule has 1 aliphatic heterocycles. The second-order valence-electron chi connectivity index (χ2n) is 5.57. The van der Waals surface area contributed by atoms with E-state index in [4.69, 9.17) is 4.42 Å². The van der Waals surface area contributed by atoms with E-state index in [1.165, 1.54) is 6.26 Å². The second kappa shape index (κ2) is 5.69. The van der Waals surface area contributed by atoms with Gasteiger partial charge in [-0.3, -0.25) is 9.59 Å².